The molecule has 0 saturated carbocycles. The van der Waals surface area contributed by atoms with Crippen LogP contribution in [0.2, 0.25) is 0 Å². The molecule has 1 atom stereocenters. The maximum Gasteiger partial charge on any atom is 0.127 e. The second kappa shape index (κ2) is 5.68. The predicted octanol–water partition coefficient (Wildman–Crippen LogP) is 3.26. The Morgan fingerprint density at radius 2 is 2.30 bits per heavy atom. The monoisotopic (exact) mass is 311 g/mol. The number of nitrogens with one attached hydrogen (secondary N) is 1. The van der Waals surface area contributed by atoms with Crippen LogP contribution in [-0.2, 0) is 19.5 Å². The van der Waals surface area contributed by atoms with Gasteiger partial charge in [0.2, 0.25) is 0 Å². The van der Waals surface area contributed by atoms with E-state index in [0.717, 1.165) is 31.8 Å². The van der Waals surface area contributed by atoms with Crippen molar-refractivity contribution >= 4 is 0 Å². The van der Waals surface area contributed by atoms with Crippen molar-refractivity contribution in [3.8, 4) is 5.75 Å². The number of nitrogens with zero attached hydrogens (tertiary/aromatic N) is 2. The van der Waals surface area contributed by atoms with Crippen LogP contribution < -0.4 is 10.1 Å². The van der Waals surface area contributed by atoms with Crippen LogP contribution in [0.4, 0.5) is 0 Å². The van der Waals surface area contributed by atoms with Gasteiger partial charge in [0.05, 0.1) is 0 Å². The second-order valence-electron chi connectivity index (χ2n) is 7.39. The molecular formula is C19H25N3O. The van der Waals surface area contributed by atoms with Crippen molar-refractivity contribution in [3.63, 3.8) is 0 Å². The summed E-state index contributed by atoms with van der Waals surface area (Å²) in [6.07, 6.45) is 7.49. The fourth-order valence-electron chi connectivity index (χ4n) is 3.90. The summed E-state index contributed by atoms with van der Waals surface area (Å²) in [7, 11) is 0. The number of rotatable bonds is 4. The largest absolute Gasteiger partial charge is 0.487 e. The van der Waals surface area contributed by atoms with Gasteiger partial charge in [-0.05, 0) is 32.3 Å². The molecule has 1 N–H and O–H groups in total. The molecule has 0 aliphatic carbocycles. The first-order valence-corrected chi connectivity index (χ1v) is 8.64. The van der Waals surface area contributed by atoms with E-state index in [4.69, 9.17) is 4.74 Å². The van der Waals surface area contributed by atoms with E-state index in [2.05, 4.69) is 53.1 Å². The molecular weight excluding hydrogens is 286 g/mol. The standard InChI is InChI=1S/C19H25N3O/c1-19(2)11-14-5-3-6-15(17(14)23-19)12-20-13-16-7-4-9-22-10-8-21-18(16)22/h3,5-6,8,10,16,20H,4,7,9,11-13H2,1-2H3. The number of aromatic nitrogens is 2. The van der Waals surface area contributed by atoms with E-state index in [-0.39, 0.29) is 5.60 Å². The summed E-state index contributed by atoms with van der Waals surface area (Å²) in [4.78, 5) is 4.54. The van der Waals surface area contributed by atoms with E-state index in [0.29, 0.717) is 5.92 Å². The van der Waals surface area contributed by atoms with Crippen molar-refractivity contribution in [1.82, 2.24) is 14.9 Å². The van der Waals surface area contributed by atoms with Crippen LogP contribution in [0, 0.1) is 0 Å². The molecule has 4 rings (SSSR count). The SMILES string of the molecule is CC1(C)Cc2cccc(CNCC3CCCn4ccnc43)c2O1. The molecule has 0 spiro atoms. The highest BCUT2D eigenvalue weighted by molar-refractivity contribution is 5.45. The number of benzene rings is 1. The van der Waals surface area contributed by atoms with Gasteiger partial charge in [0.25, 0.3) is 0 Å². The van der Waals surface area contributed by atoms with E-state index in [1.54, 1.807) is 0 Å². The summed E-state index contributed by atoms with van der Waals surface area (Å²) in [6.45, 7) is 7.26. The molecule has 2 aromatic rings. The van der Waals surface area contributed by atoms with Gasteiger partial charge in [0.1, 0.15) is 17.2 Å². The van der Waals surface area contributed by atoms with Crippen LogP contribution >= 0.6 is 0 Å². The molecule has 4 nitrogen and oxygen atoms in total. The number of aryl methyl sites for hydroxylation is 1. The minimum atomic E-state index is -0.0768. The van der Waals surface area contributed by atoms with Crippen LogP contribution in [-0.4, -0.2) is 21.7 Å². The van der Waals surface area contributed by atoms with E-state index in [9.17, 15) is 0 Å². The molecule has 1 unspecified atom stereocenters. The molecule has 4 heteroatoms. The van der Waals surface area contributed by atoms with Crippen molar-refractivity contribution in [2.24, 2.45) is 0 Å². The summed E-state index contributed by atoms with van der Waals surface area (Å²) in [5.41, 5.74) is 2.53. The van der Waals surface area contributed by atoms with Gasteiger partial charge in [-0.25, -0.2) is 4.98 Å². The number of imidazole rings is 1. The lowest BCUT2D eigenvalue weighted by Crippen LogP contribution is -2.27. The number of hydrogen-bond acceptors (Lipinski definition) is 3. The average Bonchev–Trinajstić information content (AvgIpc) is 3.10. The lowest BCUT2D eigenvalue weighted by Gasteiger charge is -2.24. The van der Waals surface area contributed by atoms with Crippen LogP contribution in [0.5, 0.6) is 5.75 Å². The Kier molecular flexibility index (Phi) is 3.64. The van der Waals surface area contributed by atoms with Gasteiger partial charge in [0, 0.05) is 49.9 Å². The Morgan fingerprint density at radius 1 is 1.39 bits per heavy atom. The molecule has 0 saturated heterocycles. The number of para-hydroxylation sites is 1. The van der Waals surface area contributed by atoms with Crippen molar-refractivity contribution in [2.75, 3.05) is 6.54 Å². The summed E-state index contributed by atoms with van der Waals surface area (Å²) in [5, 5.41) is 3.63. The fourth-order valence-corrected chi connectivity index (χ4v) is 3.90. The second-order valence-corrected chi connectivity index (χ2v) is 7.39. The van der Waals surface area contributed by atoms with Crippen molar-refractivity contribution in [1.29, 1.82) is 0 Å². The Labute approximate surface area is 137 Å². The van der Waals surface area contributed by atoms with Crippen LogP contribution in [0.25, 0.3) is 0 Å². The Hall–Kier alpha value is -1.81. The number of hydrogen-bond donors (Lipinski definition) is 1. The average molecular weight is 311 g/mol. The van der Waals surface area contributed by atoms with E-state index < -0.39 is 0 Å². The maximum atomic E-state index is 6.16. The first kappa shape index (κ1) is 14.8. The molecule has 122 valence electrons. The number of ether oxygens (including phenoxy) is 1. The van der Waals surface area contributed by atoms with E-state index in [1.807, 2.05) is 6.20 Å². The van der Waals surface area contributed by atoms with Crippen molar-refractivity contribution in [2.45, 2.75) is 57.7 Å². The van der Waals surface area contributed by atoms with Gasteiger partial charge >= 0.3 is 0 Å². The lowest BCUT2D eigenvalue weighted by atomic mass is 9.98. The third-order valence-electron chi connectivity index (χ3n) is 4.94. The highest BCUT2D eigenvalue weighted by atomic mass is 16.5. The maximum absolute atomic E-state index is 6.16. The summed E-state index contributed by atoms with van der Waals surface area (Å²) < 4.78 is 8.45. The quantitative estimate of drug-likeness (QED) is 0.942. The molecule has 0 amide bonds. The summed E-state index contributed by atoms with van der Waals surface area (Å²) in [5.74, 6) is 2.85. The minimum Gasteiger partial charge on any atom is -0.487 e. The third kappa shape index (κ3) is 2.88. The smallest absolute Gasteiger partial charge is 0.127 e. The highest BCUT2D eigenvalue weighted by Gasteiger charge is 2.31. The summed E-state index contributed by atoms with van der Waals surface area (Å²) in [6, 6.07) is 6.51. The summed E-state index contributed by atoms with van der Waals surface area (Å²) >= 11 is 0. The van der Waals surface area contributed by atoms with Gasteiger partial charge in [-0.3, -0.25) is 0 Å². The minimum absolute atomic E-state index is 0.0768. The van der Waals surface area contributed by atoms with Gasteiger partial charge < -0.3 is 14.6 Å². The first-order chi connectivity index (χ1) is 11.1. The molecule has 0 radical (unpaired) electrons. The molecule has 1 aromatic carbocycles. The molecule has 0 fully saturated rings. The normalized spacial score (nSPS) is 21.6. The van der Waals surface area contributed by atoms with Crippen LogP contribution in [0.1, 0.15) is 49.6 Å². The lowest BCUT2D eigenvalue weighted by molar-refractivity contribution is 0.137. The first-order valence-electron chi connectivity index (χ1n) is 8.64. The zero-order chi connectivity index (χ0) is 15.9. The van der Waals surface area contributed by atoms with Crippen LogP contribution in [0.3, 0.4) is 0 Å². The zero-order valence-corrected chi connectivity index (χ0v) is 14.0. The van der Waals surface area contributed by atoms with Gasteiger partial charge in [0.15, 0.2) is 0 Å². The van der Waals surface area contributed by atoms with Gasteiger partial charge in [-0.1, -0.05) is 18.2 Å². The number of fused-ring (bicyclic) bond motifs is 2. The molecule has 1 aromatic heterocycles. The molecule has 2 aliphatic rings. The highest BCUT2D eigenvalue weighted by Crippen LogP contribution is 2.37. The zero-order valence-electron chi connectivity index (χ0n) is 14.0. The topological polar surface area (TPSA) is 39.1 Å². The van der Waals surface area contributed by atoms with E-state index >= 15 is 0 Å². The predicted molar refractivity (Wildman–Crippen MR) is 90.8 cm³/mol. The Balaban J connectivity index is 1.41. The van der Waals surface area contributed by atoms with Crippen LogP contribution in [0.15, 0.2) is 30.6 Å². The van der Waals surface area contributed by atoms with Gasteiger partial charge in [-0.15, -0.1) is 0 Å². The van der Waals surface area contributed by atoms with Crippen molar-refractivity contribution < 1.29 is 4.74 Å². The molecule has 0 bridgehead atoms. The molecule has 23 heavy (non-hydrogen) atoms. The Morgan fingerprint density at radius 3 is 3.22 bits per heavy atom. The van der Waals surface area contributed by atoms with Gasteiger partial charge in [-0.2, -0.15) is 0 Å². The fraction of sp³-hybridized carbons (Fsp3) is 0.526. The molecule has 2 aliphatic heterocycles. The van der Waals surface area contributed by atoms with Crippen molar-refractivity contribution in [3.05, 3.63) is 47.5 Å². The third-order valence-corrected chi connectivity index (χ3v) is 4.94. The molecule has 3 heterocycles. The van der Waals surface area contributed by atoms with E-state index in [1.165, 1.54) is 29.8 Å². The Bertz CT molecular complexity index is 704.